The molecule has 0 aromatic heterocycles. The van der Waals surface area contributed by atoms with Crippen molar-refractivity contribution in [3.63, 3.8) is 0 Å². The van der Waals surface area contributed by atoms with E-state index in [0.29, 0.717) is 12.3 Å². The van der Waals surface area contributed by atoms with Crippen molar-refractivity contribution in [3.05, 3.63) is 0 Å². The van der Waals surface area contributed by atoms with Crippen LogP contribution >= 0.6 is 0 Å². The molecule has 0 bridgehead atoms. The number of nitrogens with two attached hydrogens (primary N) is 1. The average molecular weight is 295 g/mol. The Morgan fingerprint density at radius 3 is 2.62 bits per heavy atom. The number of hydrogen-bond donors (Lipinski definition) is 1. The smallest absolute Gasteiger partial charge is 0.245 e. The summed E-state index contributed by atoms with van der Waals surface area (Å²) in [4.78, 5) is 28.7. The average Bonchev–Trinajstić information content (AvgIpc) is 2.96. The monoisotopic (exact) mass is 295 g/mol. The van der Waals surface area contributed by atoms with Crippen molar-refractivity contribution in [2.45, 2.75) is 64.5 Å². The molecular weight excluding hydrogens is 266 g/mol. The van der Waals surface area contributed by atoms with Crippen LogP contribution < -0.4 is 5.73 Å². The molecule has 0 aromatic rings. The van der Waals surface area contributed by atoms with Crippen molar-refractivity contribution in [1.82, 2.24) is 9.80 Å². The van der Waals surface area contributed by atoms with Gasteiger partial charge in [0, 0.05) is 32.1 Å². The van der Waals surface area contributed by atoms with Crippen molar-refractivity contribution in [2.24, 2.45) is 11.7 Å². The van der Waals surface area contributed by atoms with Crippen molar-refractivity contribution in [1.29, 1.82) is 0 Å². The van der Waals surface area contributed by atoms with Crippen LogP contribution in [-0.4, -0.2) is 53.3 Å². The first kappa shape index (κ1) is 16.3. The molecule has 2 aliphatic heterocycles. The third-order valence-electron chi connectivity index (χ3n) is 4.84. The number of likely N-dealkylation sites (tertiary alicyclic amines) is 2. The lowest BCUT2D eigenvalue weighted by atomic mass is 9.91. The van der Waals surface area contributed by atoms with Gasteiger partial charge in [-0.05, 0) is 44.9 Å². The lowest BCUT2D eigenvalue weighted by molar-refractivity contribution is -0.145. The van der Waals surface area contributed by atoms with Crippen LogP contribution in [0.5, 0.6) is 0 Å². The summed E-state index contributed by atoms with van der Waals surface area (Å²) in [6.07, 6.45) is 5.27. The van der Waals surface area contributed by atoms with E-state index >= 15 is 0 Å². The molecule has 2 aliphatic rings. The summed E-state index contributed by atoms with van der Waals surface area (Å²) in [5.74, 6) is 0.667. The number of carbonyl (C=O) groups excluding carboxylic acids is 2. The highest BCUT2D eigenvalue weighted by Crippen LogP contribution is 2.24. The fraction of sp³-hybridized carbons (Fsp3) is 0.875. The van der Waals surface area contributed by atoms with Gasteiger partial charge < -0.3 is 15.5 Å². The van der Waals surface area contributed by atoms with Crippen LogP contribution in [0.1, 0.15) is 52.4 Å². The van der Waals surface area contributed by atoms with Gasteiger partial charge in [0.2, 0.25) is 11.8 Å². The Balaban J connectivity index is 1.99. The second-order valence-electron chi connectivity index (χ2n) is 6.54. The van der Waals surface area contributed by atoms with E-state index in [1.54, 1.807) is 4.90 Å². The Kier molecular flexibility index (Phi) is 5.62. The number of nitrogens with zero attached hydrogens (tertiary/aromatic N) is 2. The zero-order valence-corrected chi connectivity index (χ0v) is 13.4. The van der Waals surface area contributed by atoms with Crippen molar-refractivity contribution >= 4 is 11.8 Å². The third-order valence-corrected chi connectivity index (χ3v) is 4.84. The minimum Gasteiger partial charge on any atom is -0.341 e. The Labute approximate surface area is 127 Å². The quantitative estimate of drug-likeness (QED) is 0.851. The van der Waals surface area contributed by atoms with Gasteiger partial charge in [-0.1, -0.05) is 6.92 Å². The second kappa shape index (κ2) is 7.25. The molecule has 0 aromatic carbocycles. The van der Waals surface area contributed by atoms with E-state index in [-0.39, 0.29) is 23.9 Å². The molecule has 2 rings (SSSR count). The maximum absolute atomic E-state index is 12.8. The van der Waals surface area contributed by atoms with Crippen molar-refractivity contribution < 1.29 is 9.59 Å². The van der Waals surface area contributed by atoms with Crippen LogP contribution in [0.3, 0.4) is 0 Å². The van der Waals surface area contributed by atoms with E-state index in [9.17, 15) is 9.59 Å². The van der Waals surface area contributed by atoms with Gasteiger partial charge in [-0.3, -0.25) is 9.59 Å². The van der Waals surface area contributed by atoms with E-state index in [4.69, 9.17) is 5.73 Å². The van der Waals surface area contributed by atoms with Crippen LogP contribution in [0, 0.1) is 5.92 Å². The number of hydrogen-bond acceptors (Lipinski definition) is 3. The SMILES string of the molecule is CCCC(=O)N1CCCC1C(=O)N1CCCC(C(C)N)C1. The first-order valence-electron chi connectivity index (χ1n) is 8.38. The highest BCUT2D eigenvalue weighted by atomic mass is 16.2. The Bertz CT molecular complexity index is 384. The molecule has 2 amide bonds. The van der Waals surface area contributed by atoms with Gasteiger partial charge in [-0.15, -0.1) is 0 Å². The normalized spacial score (nSPS) is 27.8. The molecule has 2 saturated heterocycles. The fourth-order valence-electron chi connectivity index (χ4n) is 3.53. The highest BCUT2D eigenvalue weighted by Gasteiger charge is 2.37. The topological polar surface area (TPSA) is 66.6 Å². The van der Waals surface area contributed by atoms with E-state index in [1.165, 1.54) is 0 Å². The molecule has 0 spiro atoms. The molecule has 5 heteroatoms. The number of rotatable bonds is 4. The van der Waals surface area contributed by atoms with Gasteiger partial charge in [0.05, 0.1) is 0 Å². The molecule has 2 N–H and O–H groups in total. The van der Waals surface area contributed by atoms with Crippen LogP contribution in [0.2, 0.25) is 0 Å². The first-order valence-corrected chi connectivity index (χ1v) is 8.38. The minimum absolute atomic E-state index is 0.127. The zero-order valence-electron chi connectivity index (χ0n) is 13.4. The number of carbonyl (C=O) groups is 2. The summed E-state index contributed by atoms with van der Waals surface area (Å²) in [7, 11) is 0. The zero-order chi connectivity index (χ0) is 15.4. The molecule has 21 heavy (non-hydrogen) atoms. The van der Waals surface area contributed by atoms with Crippen molar-refractivity contribution in [3.8, 4) is 0 Å². The van der Waals surface area contributed by atoms with Crippen LogP contribution in [-0.2, 0) is 9.59 Å². The van der Waals surface area contributed by atoms with Crippen molar-refractivity contribution in [2.75, 3.05) is 19.6 Å². The predicted molar refractivity (Wildman–Crippen MR) is 82.6 cm³/mol. The maximum atomic E-state index is 12.8. The molecule has 3 atom stereocenters. The lowest BCUT2D eigenvalue weighted by Crippen LogP contribution is -2.52. The van der Waals surface area contributed by atoms with Gasteiger partial charge in [0.1, 0.15) is 6.04 Å². The maximum Gasteiger partial charge on any atom is 0.245 e. The standard InChI is InChI=1S/C16H29N3O2/c1-3-6-15(20)19-10-5-8-14(19)16(21)18-9-4-7-13(11-18)12(2)17/h12-14H,3-11,17H2,1-2H3. The van der Waals surface area contributed by atoms with E-state index in [1.807, 2.05) is 18.7 Å². The van der Waals surface area contributed by atoms with E-state index < -0.39 is 0 Å². The summed E-state index contributed by atoms with van der Waals surface area (Å²) >= 11 is 0. The molecule has 0 aliphatic carbocycles. The molecule has 0 saturated carbocycles. The van der Waals surface area contributed by atoms with Crippen LogP contribution in [0.4, 0.5) is 0 Å². The largest absolute Gasteiger partial charge is 0.341 e. The van der Waals surface area contributed by atoms with Gasteiger partial charge in [-0.25, -0.2) is 0 Å². The Morgan fingerprint density at radius 2 is 1.95 bits per heavy atom. The third kappa shape index (κ3) is 3.76. The molecule has 2 fully saturated rings. The molecule has 3 unspecified atom stereocenters. The van der Waals surface area contributed by atoms with Crippen LogP contribution in [0.25, 0.3) is 0 Å². The van der Waals surface area contributed by atoms with E-state index in [2.05, 4.69) is 0 Å². The highest BCUT2D eigenvalue weighted by molar-refractivity contribution is 5.88. The molecule has 120 valence electrons. The molecule has 5 nitrogen and oxygen atoms in total. The fourth-order valence-corrected chi connectivity index (χ4v) is 3.53. The lowest BCUT2D eigenvalue weighted by Gasteiger charge is -2.37. The summed E-state index contributed by atoms with van der Waals surface area (Å²) in [6, 6.07) is -0.0992. The summed E-state index contributed by atoms with van der Waals surface area (Å²) in [5.41, 5.74) is 6.00. The van der Waals surface area contributed by atoms with Gasteiger partial charge >= 0.3 is 0 Å². The predicted octanol–water partition coefficient (Wildman–Crippen LogP) is 1.36. The van der Waals surface area contributed by atoms with Crippen LogP contribution in [0.15, 0.2) is 0 Å². The van der Waals surface area contributed by atoms with Gasteiger partial charge in [0.15, 0.2) is 0 Å². The Morgan fingerprint density at radius 1 is 1.24 bits per heavy atom. The van der Waals surface area contributed by atoms with Gasteiger partial charge in [-0.2, -0.15) is 0 Å². The molecule has 0 radical (unpaired) electrons. The molecular formula is C16H29N3O2. The second-order valence-corrected chi connectivity index (χ2v) is 6.54. The summed E-state index contributed by atoms with van der Waals surface area (Å²) in [5, 5.41) is 0. The van der Waals surface area contributed by atoms with E-state index in [0.717, 1.165) is 51.7 Å². The number of piperidine rings is 1. The minimum atomic E-state index is -0.226. The molecule has 2 heterocycles. The first-order chi connectivity index (χ1) is 10.0. The number of amides is 2. The summed E-state index contributed by atoms with van der Waals surface area (Å²) in [6.45, 7) is 6.32. The van der Waals surface area contributed by atoms with Gasteiger partial charge in [0.25, 0.3) is 0 Å². The Hall–Kier alpha value is -1.10. The summed E-state index contributed by atoms with van der Waals surface area (Å²) < 4.78 is 0.